The smallest absolute Gasteiger partial charge is 0.319 e. The number of amides is 2. The highest BCUT2D eigenvalue weighted by Gasteiger charge is 2.02. The van der Waals surface area contributed by atoms with Crippen molar-refractivity contribution in [3.05, 3.63) is 53.6 Å². The fourth-order valence-corrected chi connectivity index (χ4v) is 1.67. The van der Waals surface area contributed by atoms with Gasteiger partial charge < -0.3 is 16.4 Å². The molecule has 104 valence electrons. The van der Waals surface area contributed by atoms with E-state index in [2.05, 4.69) is 20.6 Å². The van der Waals surface area contributed by atoms with E-state index in [-0.39, 0.29) is 6.03 Å². The molecule has 2 amide bonds. The Morgan fingerprint density at radius 1 is 1.25 bits per heavy atom. The maximum Gasteiger partial charge on any atom is 0.319 e. The topological polar surface area (TPSA) is 92.9 Å². The first kappa shape index (κ1) is 14.0. The Kier molecular flexibility index (Phi) is 4.62. The molecule has 0 saturated carbocycles. The SMILES string of the molecule is Cc1nccc(CNC(=O)Nc2ccc(CN)cc2)n1. The number of urea groups is 1. The van der Waals surface area contributed by atoms with Gasteiger partial charge >= 0.3 is 6.03 Å². The molecule has 0 aliphatic heterocycles. The van der Waals surface area contributed by atoms with E-state index in [9.17, 15) is 4.79 Å². The molecule has 6 heteroatoms. The largest absolute Gasteiger partial charge is 0.332 e. The number of anilines is 1. The van der Waals surface area contributed by atoms with E-state index in [1.54, 1.807) is 12.3 Å². The van der Waals surface area contributed by atoms with Crippen LogP contribution in [0.1, 0.15) is 17.1 Å². The molecule has 20 heavy (non-hydrogen) atoms. The first-order valence-corrected chi connectivity index (χ1v) is 6.30. The third kappa shape index (κ3) is 4.03. The summed E-state index contributed by atoms with van der Waals surface area (Å²) in [5.74, 6) is 0.682. The molecule has 4 N–H and O–H groups in total. The van der Waals surface area contributed by atoms with Crippen LogP contribution in [0.3, 0.4) is 0 Å². The number of hydrogen-bond acceptors (Lipinski definition) is 4. The molecule has 2 rings (SSSR count). The van der Waals surface area contributed by atoms with E-state index in [1.807, 2.05) is 31.2 Å². The first-order chi connectivity index (χ1) is 9.67. The zero-order chi connectivity index (χ0) is 14.4. The molecule has 0 saturated heterocycles. The first-order valence-electron chi connectivity index (χ1n) is 6.30. The summed E-state index contributed by atoms with van der Waals surface area (Å²) in [5, 5.41) is 5.48. The predicted octanol–water partition coefficient (Wildman–Crippen LogP) is 1.57. The van der Waals surface area contributed by atoms with Gasteiger partial charge in [-0.05, 0) is 30.7 Å². The number of nitrogens with zero attached hydrogens (tertiary/aromatic N) is 2. The van der Waals surface area contributed by atoms with Gasteiger partial charge in [-0.3, -0.25) is 0 Å². The summed E-state index contributed by atoms with van der Waals surface area (Å²) in [6, 6.07) is 8.88. The van der Waals surface area contributed by atoms with E-state index >= 15 is 0 Å². The number of nitrogens with one attached hydrogen (secondary N) is 2. The second-order valence-electron chi connectivity index (χ2n) is 4.30. The van der Waals surface area contributed by atoms with Gasteiger partial charge in [-0.1, -0.05) is 12.1 Å². The van der Waals surface area contributed by atoms with Crippen LogP contribution in [0.2, 0.25) is 0 Å². The second kappa shape index (κ2) is 6.63. The second-order valence-corrected chi connectivity index (χ2v) is 4.30. The number of rotatable bonds is 4. The molecular formula is C14H17N5O. The van der Waals surface area contributed by atoms with Gasteiger partial charge in [-0.15, -0.1) is 0 Å². The van der Waals surface area contributed by atoms with Crippen LogP contribution < -0.4 is 16.4 Å². The van der Waals surface area contributed by atoms with Crippen LogP contribution in [-0.4, -0.2) is 16.0 Å². The van der Waals surface area contributed by atoms with Crippen molar-refractivity contribution in [2.45, 2.75) is 20.0 Å². The summed E-state index contributed by atoms with van der Waals surface area (Å²) in [6.45, 7) is 2.65. The molecule has 0 aliphatic rings. The number of carbonyl (C=O) groups excluding carboxylic acids is 1. The van der Waals surface area contributed by atoms with E-state index in [0.717, 1.165) is 16.9 Å². The summed E-state index contributed by atoms with van der Waals surface area (Å²) in [4.78, 5) is 19.9. The molecule has 0 atom stereocenters. The maximum absolute atomic E-state index is 11.7. The van der Waals surface area contributed by atoms with Gasteiger partial charge in [0.25, 0.3) is 0 Å². The van der Waals surface area contributed by atoms with Crippen molar-refractivity contribution in [3.8, 4) is 0 Å². The van der Waals surface area contributed by atoms with Crippen molar-refractivity contribution in [1.82, 2.24) is 15.3 Å². The molecule has 0 radical (unpaired) electrons. The lowest BCUT2D eigenvalue weighted by Crippen LogP contribution is -2.28. The number of nitrogens with two attached hydrogens (primary N) is 1. The van der Waals surface area contributed by atoms with Crippen molar-refractivity contribution in [2.24, 2.45) is 5.73 Å². The van der Waals surface area contributed by atoms with Crippen molar-refractivity contribution in [2.75, 3.05) is 5.32 Å². The van der Waals surface area contributed by atoms with E-state index in [4.69, 9.17) is 5.73 Å². The Labute approximate surface area is 117 Å². The lowest BCUT2D eigenvalue weighted by molar-refractivity contribution is 0.251. The Balaban J connectivity index is 1.85. The zero-order valence-corrected chi connectivity index (χ0v) is 11.3. The summed E-state index contributed by atoms with van der Waals surface area (Å²) in [7, 11) is 0. The quantitative estimate of drug-likeness (QED) is 0.786. The Morgan fingerprint density at radius 2 is 2.00 bits per heavy atom. The van der Waals surface area contributed by atoms with E-state index < -0.39 is 0 Å². The van der Waals surface area contributed by atoms with Crippen LogP contribution in [0, 0.1) is 6.92 Å². The fourth-order valence-electron chi connectivity index (χ4n) is 1.67. The number of carbonyl (C=O) groups is 1. The van der Waals surface area contributed by atoms with Crippen molar-refractivity contribution >= 4 is 11.7 Å². The fraction of sp³-hybridized carbons (Fsp3) is 0.214. The number of hydrogen-bond donors (Lipinski definition) is 3. The summed E-state index contributed by atoms with van der Waals surface area (Å²) < 4.78 is 0. The van der Waals surface area contributed by atoms with Gasteiger partial charge in [0.1, 0.15) is 5.82 Å². The van der Waals surface area contributed by atoms with Crippen molar-refractivity contribution < 1.29 is 4.79 Å². The lowest BCUT2D eigenvalue weighted by atomic mass is 10.2. The number of benzene rings is 1. The molecule has 0 unspecified atom stereocenters. The molecule has 1 aromatic carbocycles. The van der Waals surface area contributed by atoms with Crippen LogP contribution in [0.5, 0.6) is 0 Å². The minimum absolute atomic E-state index is 0.276. The van der Waals surface area contributed by atoms with E-state index in [0.29, 0.717) is 18.9 Å². The van der Waals surface area contributed by atoms with Crippen LogP contribution in [-0.2, 0) is 13.1 Å². The highest BCUT2D eigenvalue weighted by atomic mass is 16.2. The average Bonchev–Trinajstić information content (AvgIpc) is 2.46. The Morgan fingerprint density at radius 3 is 2.65 bits per heavy atom. The summed E-state index contributed by atoms with van der Waals surface area (Å²) in [5.41, 5.74) is 8.02. The molecule has 0 spiro atoms. The standard InChI is InChI=1S/C14H17N5O/c1-10-16-7-6-13(18-10)9-17-14(20)19-12-4-2-11(8-15)3-5-12/h2-7H,8-9,15H2,1H3,(H2,17,19,20). The molecule has 0 aliphatic carbocycles. The zero-order valence-electron chi connectivity index (χ0n) is 11.3. The highest BCUT2D eigenvalue weighted by molar-refractivity contribution is 5.89. The van der Waals surface area contributed by atoms with Crippen LogP contribution in [0.15, 0.2) is 36.5 Å². The van der Waals surface area contributed by atoms with Gasteiger partial charge in [0.2, 0.25) is 0 Å². The molecule has 0 fully saturated rings. The Bertz CT molecular complexity index is 582. The monoisotopic (exact) mass is 271 g/mol. The van der Waals surface area contributed by atoms with Gasteiger partial charge in [-0.25, -0.2) is 14.8 Å². The molecule has 1 aromatic heterocycles. The minimum atomic E-state index is -0.276. The normalized spacial score (nSPS) is 10.1. The summed E-state index contributed by atoms with van der Waals surface area (Å²) >= 11 is 0. The third-order valence-electron chi connectivity index (χ3n) is 2.71. The van der Waals surface area contributed by atoms with Crippen molar-refractivity contribution in [1.29, 1.82) is 0 Å². The Hall–Kier alpha value is -2.47. The predicted molar refractivity (Wildman–Crippen MR) is 77.0 cm³/mol. The lowest BCUT2D eigenvalue weighted by Gasteiger charge is -2.08. The maximum atomic E-state index is 11.7. The number of aryl methyl sites for hydroxylation is 1. The third-order valence-corrected chi connectivity index (χ3v) is 2.71. The van der Waals surface area contributed by atoms with Gasteiger partial charge in [0.05, 0.1) is 12.2 Å². The van der Waals surface area contributed by atoms with Crippen LogP contribution in [0.25, 0.3) is 0 Å². The van der Waals surface area contributed by atoms with Crippen molar-refractivity contribution in [3.63, 3.8) is 0 Å². The molecule has 2 aromatic rings. The highest BCUT2D eigenvalue weighted by Crippen LogP contribution is 2.08. The molecular weight excluding hydrogens is 254 g/mol. The van der Waals surface area contributed by atoms with Crippen LogP contribution in [0.4, 0.5) is 10.5 Å². The molecule has 1 heterocycles. The van der Waals surface area contributed by atoms with E-state index in [1.165, 1.54) is 0 Å². The van der Waals surface area contributed by atoms with Gasteiger partial charge in [-0.2, -0.15) is 0 Å². The number of aromatic nitrogens is 2. The van der Waals surface area contributed by atoms with Gasteiger partial charge in [0, 0.05) is 18.4 Å². The average molecular weight is 271 g/mol. The van der Waals surface area contributed by atoms with Gasteiger partial charge in [0.15, 0.2) is 0 Å². The summed E-state index contributed by atoms with van der Waals surface area (Å²) in [6.07, 6.45) is 1.67. The molecule has 6 nitrogen and oxygen atoms in total. The van der Waals surface area contributed by atoms with Crippen LogP contribution >= 0.6 is 0 Å². The molecule has 0 bridgehead atoms. The minimum Gasteiger partial charge on any atom is -0.332 e.